The topological polar surface area (TPSA) is 68.9 Å². The molecule has 0 bridgehead atoms. The van der Waals surface area contributed by atoms with Crippen LogP contribution in [0.4, 0.5) is 5.82 Å². The summed E-state index contributed by atoms with van der Waals surface area (Å²) in [5.74, 6) is 1.24. The van der Waals surface area contributed by atoms with Crippen LogP contribution < -0.4 is 5.73 Å². The molecule has 1 aromatic rings. The lowest BCUT2D eigenvalue weighted by Crippen LogP contribution is -2.07. The first-order valence-corrected chi connectivity index (χ1v) is 4.79. The number of Topliss-reactive ketones (excluding diaryl/α,β-unsaturated/α-hetero) is 1. The molecule has 1 aliphatic rings. The summed E-state index contributed by atoms with van der Waals surface area (Å²) >= 11 is 0. The molecular weight excluding hydrogens is 178 g/mol. The van der Waals surface area contributed by atoms with E-state index < -0.39 is 0 Å². The number of anilines is 1. The summed E-state index contributed by atoms with van der Waals surface area (Å²) in [6.07, 6.45) is 3.45. The standard InChI is InChI=1S/C10H13N3O/c1-6(14)10-12-8(4-7-2-3-7)5-9(11)13-10/h5,7H,2-4H2,1H3,(H2,11,12,13). The van der Waals surface area contributed by atoms with Crippen LogP contribution in [0.25, 0.3) is 0 Å². The van der Waals surface area contributed by atoms with Crippen molar-refractivity contribution in [2.45, 2.75) is 26.2 Å². The Labute approximate surface area is 82.6 Å². The molecule has 0 radical (unpaired) electrons. The summed E-state index contributed by atoms with van der Waals surface area (Å²) in [7, 11) is 0. The Bertz CT molecular complexity index is 372. The number of ketones is 1. The van der Waals surface area contributed by atoms with Crippen LogP contribution >= 0.6 is 0 Å². The summed E-state index contributed by atoms with van der Waals surface area (Å²) < 4.78 is 0. The predicted molar refractivity (Wildman–Crippen MR) is 52.9 cm³/mol. The van der Waals surface area contributed by atoms with E-state index in [0.717, 1.165) is 18.0 Å². The Hall–Kier alpha value is -1.45. The first-order chi connectivity index (χ1) is 6.65. The molecular formula is C10H13N3O. The van der Waals surface area contributed by atoms with Crippen LogP contribution in [0.3, 0.4) is 0 Å². The maximum atomic E-state index is 11.1. The van der Waals surface area contributed by atoms with Crippen molar-refractivity contribution >= 4 is 11.6 Å². The second kappa shape index (κ2) is 3.36. The largest absolute Gasteiger partial charge is 0.384 e. The molecule has 0 atom stereocenters. The summed E-state index contributed by atoms with van der Waals surface area (Å²) in [5, 5.41) is 0. The third kappa shape index (κ3) is 2.07. The third-order valence-corrected chi connectivity index (χ3v) is 2.31. The second-order valence-corrected chi connectivity index (χ2v) is 3.81. The number of rotatable bonds is 3. The number of nitrogens with zero attached hydrogens (tertiary/aromatic N) is 2. The molecule has 0 unspecified atom stereocenters. The van der Waals surface area contributed by atoms with Crippen LogP contribution in [0.15, 0.2) is 6.07 Å². The number of aromatic nitrogens is 2. The van der Waals surface area contributed by atoms with Crippen molar-refractivity contribution in [3.8, 4) is 0 Å². The van der Waals surface area contributed by atoms with Gasteiger partial charge in [0, 0.05) is 18.7 Å². The van der Waals surface area contributed by atoms with Crippen LogP contribution in [0.1, 0.15) is 36.1 Å². The van der Waals surface area contributed by atoms with Crippen molar-refractivity contribution in [2.75, 3.05) is 5.73 Å². The summed E-state index contributed by atoms with van der Waals surface area (Å²) in [6.45, 7) is 1.45. The number of nitrogens with two attached hydrogens (primary N) is 1. The number of hydrogen-bond acceptors (Lipinski definition) is 4. The van der Waals surface area contributed by atoms with Gasteiger partial charge in [-0.15, -0.1) is 0 Å². The maximum Gasteiger partial charge on any atom is 0.197 e. The second-order valence-electron chi connectivity index (χ2n) is 3.81. The monoisotopic (exact) mass is 191 g/mol. The molecule has 4 heteroatoms. The van der Waals surface area contributed by atoms with Gasteiger partial charge < -0.3 is 5.73 Å². The molecule has 0 amide bonds. The Morgan fingerprint density at radius 3 is 2.86 bits per heavy atom. The van der Waals surface area contributed by atoms with E-state index in [4.69, 9.17) is 5.73 Å². The van der Waals surface area contributed by atoms with E-state index in [0.29, 0.717) is 5.82 Å². The van der Waals surface area contributed by atoms with Crippen LogP contribution in [0, 0.1) is 5.92 Å². The molecule has 74 valence electrons. The molecule has 4 nitrogen and oxygen atoms in total. The van der Waals surface area contributed by atoms with Crippen LogP contribution in [0.2, 0.25) is 0 Å². The van der Waals surface area contributed by atoms with Gasteiger partial charge in [-0.25, -0.2) is 9.97 Å². The van der Waals surface area contributed by atoms with Crippen molar-refractivity contribution in [3.63, 3.8) is 0 Å². The predicted octanol–water partition coefficient (Wildman–Crippen LogP) is 1.21. The molecule has 1 aromatic heterocycles. The number of hydrogen-bond donors (Lipinski definition) is 1. The Morgan fingerprint density at radius 1 is 1.57 bits per heavy atom. The zero-order chi connectivity index (χ0) is 10.1. The van der Waals surface area contributed by atoms with Gasteiger partial charge in [0.2, 0.25) is 0 Å². The number of carbonyl (C=O) groups is 1. The highest BCUT2D eigenvalue weighted by atomic mass is 16.1. The lowest BCUT2D eigenvalue weighted by molar-refractivity contribution is 0.100. The van der Waals surface area contributed by atoms with Gasteiger partial charge in [0.05, 0.1) is 0 Å². The Kier molecular flexibility index (Phi) is 2.19. The first-order valence-electron chi connectivity index (χ1n) is 4.79. The summed E-state index contributed by atoms with van der Waals surface area (Å²) in [4.78, 5) is 19.1. The number of nitrogen functional groups attached to an aromatic ring is 1. The lowest BCUT2D eigenvalue weighted by Gasteiger charge is -2.02. The first kappa shape index (κ1) is 9.12. The molecule has 2 N–H and O–H groups in total. The van der Waals surface area contributed by atoms with Gasteiger partial charge >= 0.3 is 0 Å². The van der Waals surface area contributed by atoms with E-state index in [1.54, 1.807) is 6.07 Å². The van der Waals surface area contributed by atoms with Gasteiger partial charge in [-0.1, -0.05) is 0 Å². The molecule has 0 aromatic carbocycles. The van der Waals surface area contributed by atoms with E-state index in [9.17, 15) is 4.79 Å². The van der Waals surface area contributed by atoms with E-state index in [1.165, 1.54) is 19.8 Å². The molecule has 1 aliphatic carbocycles. The highest BCUT2D eigenvalue weighted by Gasteiger charge is 2.22. The minimum absolute atomic E-state index is 0.130. The minimum Gasteiger partial charge on any atom is -0.384 e. The van der Waals surface area contributed by atoms with E-state index in [1.807, 2.05) is 0 Å². The fraction of sp³-hybridized carbons (Fsp3) is 0.500. The Morgan fingerprint density at radius 2 is 2.29 bits per heavy atom. The van der Waals surface area contributed by atoms with Crippen molar-refractivity contribution in [2.24, 2.45) is 5.92 Å². The van der Waals surface area contributed by atoms with E-state index >= 15 is 0 Å². The molecule has 14 heavy (non-hydrogen) atoms. The average Bonchev–Trinajstić information content (AvgIpc) is 2.87. The third-order valence-electron chi connectivity index (χ3n) is 2.31. The smallest absolute Gasteiger partial charge is 0.197 e. The van der Waals surface area contributed by atoms with Crippen LogP contribution in [-0.4, -0.2) is 15.8 Å². The van der Waals surface area contributed by atoms with Crippen LogP contribution in [-0.2, 0) is 6.42 Å². The normalized spacial score (nSPS) is 15.5. The highest BCUT2D eigenvalue weighted by molar-refractivity contribution is 5.90. The quantitative estimate of drug-likeness (QED) is 0.729. The van der Waals surface area contributed by atoms with Gasteiger partial charge in [-0.05, 0) is 25.2 Å². The molecule has 1 fully saturated rings. The summed E-state index contributed by atoms with van der Waals surface area (Å²) in [5.41, 5.74) is 6.48. The SMILES string of the molecule is CC(=O)c1nc(N)cc(CC2CC2)n1. The highest BCUT2D eigenvalue weighted by Crippen LogP contribution is 2.32. The lowest BCUT2D eigenvalue weighted by atomic mass is 10.2. The number of carbonyl (C=O) groups excluding carboxylic acids is 1. The van der Waals surface area contributed by atoms with Gasteiger partial charge in [-0.2, -0.15) is 0 Å². The fourth-order valence-corrected chi connectivity index (χ4v) is 1.40. The zero-order valence-electron chi connectivity index (χ0n) is 8.16. The van der Waals surface area contributed by atoms with Crippen molar-refractivity contribution in [3.05, 3.63) is 17.6 Å². The average molecular weight is 191 g/mol. The van der Waals surface area contributed by atoms with Gasteiger partial charge in [0.15, 0.2) is 11.6 Å². The van der Waals surface area contributed by atoms with Crippen molar-refractivity contribution < 1.29 is 4.79 Å². The maximum absolute atomic E-state index is 11.1. The molecule has 0 saturated heterocycles. The molecule has 0 aliphatic heterocycles. The van der Waals surface area contributed by atoms with Gasteiger partial charge in [0.1, 0.15) is 5.82 Å². The van der Waals surface area contributed by atoms with Crippen LogP contribution in [0.5, 0.6) is 0 Å². The van der Waals surface area contributed by atoms with Crippen molar-refractivity contribution in [1.82, 2.24) is 9.97 Å². The van der Waals surface area contributed by atoms with Gasteiger partial charge in [-0.3, -0.25) is 4.79 Å². The van der Waals surface area contributed by atoms with Gasteiger partial charge in [0.25, 0.3) is 0 Å². The zero-order valence-corrected chi connectivity index (χ0v) is 8.16. The summed E-state index contributed by atoms with van der Waals surface area (Å²) in [6, 6.07) is 1.75. The van der Waals surface area contributed by atoms with E-state index in [-0.39, 0.29) is 11.6 Å². The molecule has 2 rings (SSSR count). The van der Waals surface area contributed by atoms with E-state index in [2.05, 4.69) is 9.97 Å². The molecule has 1 saturated carbocycles. The fourth-order valence-electron chi connectivity index (χ4n) is 1.40. The van der Waals surface area contributed by atoms with Crippen molar-refractivity contribution in [1.29, 1.82) is 0 Å². The Balaban J connectivity index is 2.25. The molecule has 0 spiro atoms. The molecule has 1 heterocycles. The minimum atomic E-state index is -0.130.